The molecular weight excluding hydrogens is 360 g/mol. The van der Waals surface area contributed by atoms with E-state index in [9.17, 15) is 4.79 Å². The number of hydrogen-bond acceptors (Lipinski definition) is 3. The standard InChI is InChI=1S/C17H15BrN2OS/c18-13-7-2-1-6-12(13)17(21)19-11-5-10-16-20-14-8-3-4-9-15(14)22-16/h1-4,6-9H,5,10-11H2,(H,19,21). The van der Waals surface area contributed by atoms with E-state index in [0.29, 0.717) is 12.1 Å². The molecule has 0 aliphatic heterocycles. The molecule has 2 aromatic carbocycles. The Bertz CT molecular complexity index is 767. The van der Waals surface area contributed by atoms with Crippen LogP contribution in [0, 0.1) is 0 Å². The molecule has 0 bridgehead atoms. The topological polar surface area (TPSA) is 42.0 Å². The minimum atomic E-state index is -0.0447. The molecule has 3 nitrogen and oxygen atoms in total. The third-order valence-corrected chi connectivity index (χ3v) is 5.10. The number of hydrogen-bond donors (Lipinski definition) is 1. The first kappa shape index (κ1) is 15.2. The second-order valence-electron chi connectivity index (χ2n) is 4.91. The molecule has 0 unspecified atom stereocenters. The molecular formula is C17H15BrN2OS. The summed E-state index contributed by atoms with van der Waals surface area (Å²) in [5.41, 5.74) is 1.72. The lowest BCUT2D eigenvalue weighted by Crippen LogP contribution is -2.25. The first-order chi connectivity index (χ1) is 10.7. The van der Waals surface area contributed by atoms with E-state index in [1.165, 1.54) is 4.70 Å². The molecule has 0 saturated heterocycles. The van der Waals surface area contributed by atoms with Gasteiger partial charge in [-0.15, -0.1) is 11.3 Å². The van der Waals surface area contributed by atoms with Crippen LogP contribution in [0.2, 0.25) is 0 Å². The van der Waals surface area contributed by atoms with Crippen molar-refractivity contribution in [3.05, 3.63) is 63.6 Å². The Hall–Kier alpha value is -1.72. The van der Waals surface area contributed by atoms with Gasteiger partial charge in [-0.3, -0.25) is 4.79 Å². The van der Waals surface area contributed by atoms with Crippen molar-refractivity contribution in [2.45, 2.75) is 12.8 Å². The molecule has 5 heteroatoms. The maximum atomic E-state index is 12.1. The van der Waals surface area contributed by atoms with Gasteiger partial charge in [0.1, 0.15) is 0 Å². The van der Waals surface area contributed by atoms with Gasteiger partial charge in [-0.1, -0.05) is 24.3 Å². The van der Waals surface area contributed by atoms with Crippen LogP contribution in [-0.2, 0) is 6.42 Å². The van der Waals surface area contributed by atoms with Gasteiger partial charge in [-0.05, 0) is 46.6 Å². The van der Waals surface area contributed by atoms with Crippen molar-refractivity contribution in [1.82, 2.24) is 10.3 Å². The fraction of sp³-hybridized carbons (Fsp3) is 0.176. The van der Waals surface area contributed by atoms with Gasteiger partial charge < -0.3 is 5.32 Å². The first-order valence-corrected chi connectivity index (χ1v) is 8.72. The van der Waals surface area contributed by atoms with Crippen LogP contribution >= 0.6 is 27.3 Å². The molecule has 3 rings (SSSR count). The summed E-state index contributed by atoms with van der Waals surface area (Å²) >= 11 is 5.12. The number of para-hydroxylation sites is 1. The molecule has 0 aliphatic carbocycles. The summed E-state index contributed by atoms with van der Waals surface area (Å²) in [6.07, 6.45) is 1.77. The average molecular weight is 375 g/mol. The second kappa shape index (κ2) is 7.03. The third-order valence-electron chi connectivity index (χ3n) is 3.31. The number of nitrogens with zero attached hydrogens (tertiary/aromatic N) is 1. The number of fused-ring (bicyclic) bond motifs is 1. The smallest absolute Gasteiger partial charge is 0.252 e. The number of carbonyl (C=O) groups excluding carboxylic acids is 1. The molecule has 0 spiro atoms. The van der Waals surface area contributed by atoms with Gasteiger partial charge in [0.05, 0.1) is 20.8 Å². The molecule has 112 valence electrons. The van der Waals surface area contributed by atoms with E-state index in [2.05, 4.69) is 32.3 Å². The van der Waals surface area contributed by atoms with Crippen molar-refractivity contribution in [1.29, 1.82) is 0 Å². The minimum absolute atomic E-state index is 0.0447. The van der Waals surface area contributed by atoms with Crippen LogP contribution in [0.1, 0.15) is 21.8 Å². The van der Waals surface area contributed by atoms with Gasteiger partial charge in [0.2, 0.25) is 0 Å². The molecule has 0 saturated carbocycles. The lowest BCUT2D eigenvalue weighted by atomic mass is 10.2. The number of thiazole rings is 1. The van der Waals surface area contributed by atoms with E-state index in [1.54, 1.807) is 11.3 Å². The lowest BCUT2D eigenvalue weighted by molar-refractivity contribution is 0.0952. The summed E-state index contributed by atoms with van der Waals surface area (Å²) < 4.78 is 2.04. The summed E-state index contributed by atoms with van der Waals surface area (Å²) in [5, 5.41) is 4.07. The van der Waals surface area contributed by atoms with Crippen molar-refractivity contribution in [3.8, 4) is 0 Å². The second-order valence-corrected chi connectivity index (χ2v) is 6.88. The maximum absolute atomic E-state index is 12.1. The Morgan fingerprint density at radius 1 is 1.14 bits per heavy atom. The van der Waals surface area contributed by atoms with Crippen molar-refractivity contribution < 1.29 is 4.79 Å². The highest BCUT2D eigenvalue weighted by Crippen LogP contribution is 2.22. The third kappa shape index (κ3) is 3.54. The van der Waals surface area contributed by atoms with Crippen LogP contribution in [-0.4, -0.2) is 17.4 Å². The summed E-state index contributed by atoms with van der Waals surface area (Å²) in [6.45, 7) is 0.649. The van der Waals surface area contributed by atoms with Crippen molar-refractivity contribution in [2.24, 2.45) is 0 Å². The molecule has 22 heavy (non-hydrogen) atoms. The van der Waals surface area contributed by atoms with Gasteiger partial charge in [0, 0.05) is 17.4 Å². The Morgan fingerprint density at radius 3 is 2.73 bits per heavy atom. The van der Waals surface area contributed by atoms with Crippen molar-refractivity contribution >= 4 is 43.4 Å². The molecule has 3 aromatic rings. The van der Waals surface area contributed by atoms with Crippen LogP contribution in [0.25, 0.3) is 10.2 Å². The van der Waals surface area contributed by atoms with E-state index in [0.717, 1.165) is 27.8 Å². The number of aromatic nitrogens is 1. The molecule has 1 N–H and O–H groups in total. The maximum Gasteiger partial charge on any atom is 0.252 e. The number of amides is 1. The van der Waals surface area contributed by atoms with E-state index < -0.39 is 0 Å². The monoisotopic (exact) mass is 374 g/mol. The summed E-state index contributed by atoms with van der Waals surface area (Å²) in [6, 6.07) is 15.6. The minimum Gasteiger partial charge on any atom is -0.352 e. The number of halogens is 1. The Labute approximate surface area is 141 Å². The van der Waals surface area contributed by atoms with Gasteiger partial charge >= 0.3 is 0 Å². The Kier molecular flexibility index (Phi) is 4.85. The summed E-state index contributed by atoms with van der Waals surface area (Å²) in [7, 11) is 0. The fourth-order valence-corrected chi connectivity index (χ4v) is 3.68. The Morgan fingerprint density at radius 2 is 1.91 bits per heavy atom. The lowest BCUT2D eigenvalue weighted by Gasteiger charge is -2.05. The molecule has 0 atom stereocenters. The summed E-state index contributed by atoms with van der Waals surface area (Å²) in [5.74, 6) is -0.0447. The van der Waals surface area contributed by atoms with Crippen molar-refractivity contribution in [3.63, 3.8) is 0 Å². The predicted molar refractivity (Wildman–Crippen MR) is 94.4 cm³/mol. The van der Waals surface area contributed by atoms with E-state index >= 15 is 0 Å². The molecule has 1 heterocycles. The van der Waals surface area contributed by atoms with Crippen molar-refractivity contribution in [2.75, 3.05) is 6.54 Å². The highest BCUT2D eigenvalue weighted by molar-refractivity contribution is 9.10. The van der Waals surface area contributed by atoms with Crippen LogP contribution in [0.4, 0.5) is 0 Å². The molecule has 1 amide bonds. The molecule has 0 radical (unpaired) electrons. The highest BCUT2D eigenvalue weighted by Gasteiger charge is 2.08. The number of carbonyl (C=O) groups is 1. The van der Waals surface area contributed by atoms with Gasteiger partial charge in [0.25, 0.3) is 5.91 Å². The number of benzene rings is 2. The van der Waals surface area contributed by atoms with Crippen LogP contribution in [0.15, 0.2) is 53.0 Å². The predicted octanol–water partition coefficient (Wildman–Crippen LogP) is 4.42. The molecule has 1 aromatic heterocycles. The zero-order valence-corrected chi connectivity index (χ0v) is 14.3. The van der Waals surface area contributed by atoms with E-state index in [4.69, 9.17) is 0 Å². The zero-order chi connectivity index (χ0) is 15.4. The molecule has 0 aliphatic rings. The molecule has 0 fully saturated rings. The average Bonchev–Trinajstić information content (AvgIpc) is 2.94. The van der Waals surface area contributed by atoms with E-state index in [-0.39, 0.29) is 5.91 Å². The first-order valence-electron chi connectivity index (χ1n) is 7.11. The zero-order valence-electron chi connectivity index (χ0n) is 11.9. The SMILES string of the molecule is O=C(NCCCc1nc2ccccc2s1)c1ccccc1Br. The van der Waals surface area contributed by atoms with E-state index in [1.807, 2.05) is 42.5 Å². The number of rotatable bonds is 5. The van der Waals surface area contributed by atoms with Crippen LogP contribution < -0.4 is 5.32 Å². The number of nitrogens with one attached hydrogen (secondary N) is 1. The quantitative estimate of drug-likeness (QED) is 0.671. The highest BCUT2D eigenvalue weighted by atomic mass is 79.9. The fourth-order valence-electron chi connectivity index (χ4n) is 2.21. The largest absolute Gasteiger partial charge is 0.352 e. The Balaban J connectivity index is 1.51. The van der Waals surface area contributed by atoms with Gasteiger partial charge in [-0.25, -0.2) is 4.98 Å². The van der Waals surface area contributed by atoms with Gasteiger partial charge in [0.15, 0.2) is 0 Å². The van der Waals surface area contributed by atoms with Crippen LogP contribution in [0.3, 0.4) is 0 Å². The van der Waals surface area contributed by atoms with Gasteiger partial charge in [-0.2, -0.15) is 0 Å². The number of aryl methyl sites for hydroxylation is 1. The van der Waals surface area contributed by atoms with Crippen LogP contribution in [0.5, 0.6) is 0 Å². The summed E-state index contributed by atoms with van der Waals surface area (Å²) in [4.78, 5) is 16.7. The normalized spacial score (nSPS) is 10.8.